The molecule has 3 atom stereocenters. The molecule has 0 saturated heterocycles. The normalized spacial score (nSPS) is 39.0. The second-order valence-electron chi connectivity index (χ2n) is 4.70. The molecule has 4 nitrogen and oxygen atoms in total. The van der Waals surface area contributed by atoms with Crippen LogP contribution in [0.4, 0.5) is 0 Å². The number of aliphatic hydroxyl groups is 1. The number of aromatic hydroxyl groups is 2. The van der Waals surface area contributed by atoms with E-state index in [1.165, 1.54) is 0 Å². The van der Waals surface area contributed by atoms with Gasteiger partial charge in [-0.1, -0.05) is 0 Å². The van der Waals surface area contributed by atoms with Gasteiger partial charge in [-0.2, -0.15) is 0 Å². The van der Waals surface area contributed by atoms with Crippen molar-refractivity contribution in [3.05, 3.63) is 11.1 Å². The lowest BCUT2D eigenvalue weighted by Crippen LogP contribution is -2.29. The van der Waals surface area contributed by atoms with E-state index in [2.05, 4.69) is 4.98 Å². The Kier molecular flexibility index (Phi) is 1.22. The molecule has 0 aliphatic heterocycles. The van der Waals surface area contributed by atoms with Crippen LogP contribution in [-0.4, -0.2) is 25.9 Å². The third-order valence-electron chi connectivity index (χ3n) is 3.72. The highest BCUT2D eigenvalue weighted by molar-refractivity contribution is 5.55. The van der Waals surface area contributed by atoms with Gasteiger partial charge in [0.15, 0.2) is 11.8 Å². The Bertz CT molecular complexity index is 408. The highest BCUT2D eigenvalue weighted by Gasteiger charge is 2.53. The van der Waals surface area contributed by atoms with Crippen molar-refractivity contribution in [2.24, 2.45) is 0 Å². The molecule has 0 radical (unpaired) electrons. The molecule has 0 unspecified atom stereocenters. The van der Waals surface area contributed by atoms with Crippen molar-refractivity contribution < 1.29 is 15.3 Å². The molecule has 1 aromatic rings. The molecule has 1 heterocycles. The molecule has 1 saturated carbocycles. The van der Waals surface area contributed by atoms with Crippen molar-refractivity contribution >= 4 is 0 Å². The lowest BCUT2D eigenvalue weighted by Gasteiger charge is -2.28. The van der Waals surface area contributed by atoms with Crippen LogP contribution in [0.3, 0.4) is 0 Å². The molecule has 2 aliphatic rings. The van der Waals surface area contributed by atoms with Crippen LogP contribution in [-0.2, 0) is 0 Å². The summed E-state index contributed by atoms with van der Waals surface area (Å²) in [6.45, 7) is 1.80. The van der Waals surface area contributed by atoms with Gasteiger partial charge in [-0.25, -0.2) is 0 Å². The molecule has 0 aromatic carbocycles. The molecule has 4 N–H and O–H groups in total. The fraction of sp³-hybridized carbons (Fsp3) is 0.600. The summed E-state index contributed by atoms with van der Waals surface area (Å²) in [5.74, 6) is 0.257. The van der Waals surface area contributed by atoms with Crippen molar-refractivity contribution in [1.29, 1.82) is 0 Å². The lowest BCUT2D eigenvalue weighted by atomic mass is 9.83. The number of rotatable bonds is 0. The van der Waals surface area contributed by atoms with Gasteiger partial charge < -0.3 is 15.3 Å². The number of H-pyrrole nitrogens is 1. The van der Waals surface area contributed by atoms with Gasteiger partial charge in [-0.05, 0) is 25.7 Å². The second kappa shape index (κ2) is 2.08. The fourth-order valence-electron chi connectivity index (χ4n) is 3.18. The van der Waals surface area contributed by atoms with Crippen molar-refractivity contribution in [3.63, 3.8) is 0 Å². The highest BCUT2D eigenvalue weighted by atomic mass is 16.3. The summed E-state index contributed by atoms with van der Waals surface area (Å²) in [5.41, 5.74) is 0.812. The predicted octanol–water partition coefficient (Wildman–Crippen LogP) is 1.15. The Morgan fingerprint density at radius 2 is 1.93 bits per heavy atom. The van der Waals surface area contributed by atoms with Crippen LogP contribution in [0.15, 0.2) is 0 Å². The number of aromatic amines is 1. The van der Waals surface area contributed by atoms with Gasteiger partial charge in [0, 0.05) is 17.0 Å². The molecule has 14 heavy (non-hydrogen) atoms. The third kappa shape index (κ3) is 0.733. The largest absolute Gasteiger partial charge is 0.494 e. The molecule has 0 spiro atoms. The third-order valence-corrected chi connectivity index (χ3v) is 3.72. The van der Waals surface area contributed by atoms with Crippen molar-refractivity contribution in [2.75, 3.05) is 0 Å². The maximum Gasteiger partial charge on any atom is 0.195 e. The second-order valence-corrected chi connectivity index (χ2v) is 4.70. The van der Waals surface area contributed by atoms with E-state index in [1.807, 2.05) is 0 Å². The summed E-state index contributed by atoms with van der Waals surface area (Å²) in [4.78, 5) is 2.52. The molecular formula is C10H13NO3. The summed E-state index contributed by atoms with van der Waals surface area (Å²) >= 11 is 0. The van der Waals surface area contributed by atoms with E-state index in [4.69, 9.17) is 0 Å². The SMILES string of the molecule is C[C@@]1(O)C[C@H]2C[C@@H]1c1c(O)[nH]c(O)c12. The van der Waals surface area contributed by atoms with E-state index in [0.717, 1.165) is 17.5 Å². The van der Waals surface area contributed by atoms with Crippen LogP contribution in [0.25, 0.3) is 0 Å². The first-order valence-corrected chi connectivity index (χ1v) is 4.87. The average Bonchev–Trinajstić information content (AvgIpc) is 2.62. The summed E-state index contributed by atoms with van der Waals surface area (Å²) in [6.07, 6.45) is 1.52. The molecule has 76 valence electrons. The Hall–Kier alpha value is -1.16. The van der Waals surface area contributed by atoms with Crippen molar-refractivity contribution in [3.8, 4) is 11.8 Å². The molecule has 4 heteroatoms. The predicted molar refractivity (Wildman–Crippen MR) is 49.5 cm³/mol. The summed E-state index contributed by atoms with van der Waals surface area (Å²) in [7, 11) is 0. The zero-order valence-electron chi connectivity index (χ0n) is 7.91. The van der Waals surface area contributed by atoms with Crippen LogP contribution >= 0.6 is 0 Å². The number of hydrogen-bond donors (Lipinski definition) is 4. The first kappa shape index (κ1) is 8.17. The molecule has 3 rings (SSSR count). The maximum atomic E-state index is 10.1. The van der Waals surface area contributed by atoms with E-state index in [0.29, 0.717) is 6.42 Å². The number of fused-ring (bicyclic) bond motifs is 5. The molecule has 0 amide bonds. The molecule has 1 aromatic heterocycles. The Labute approximate surface area is 81.2 Å². The van der Waals surface area contributed by atoms with Crippen LogP contribution in [0.5, 0.6) is 11.8 Å². The van der Waals surface area contributed by atoms with Gasteiger partial charge in [-0.15, -0.1) is 0 Å². The van der Waals surface area contributed by atoms with Gasteiger partial charge in [-0.3, -0.25) is 4.98 Å². The number of aromatic nitrogens is 1. The van der Waals surface area contributed by atoms with E-state index >= 15 is 0 Å². The molecule has 2 aliphatic carbocycles. The van der Waals surface area contributed by atoms with Gasteiger partial charge in [0.25, 0.3) is 0 Å². The van der Waals surface area contributed by atoms with Crippen molar-refractivity contribution in [1.82, 2.24) is 4.98 Å². The van der Waals surface area contributed by atoms with E-state index in [9.17, 15) is 15.3 Å². The van der Waals surface area contributed by atoms with E-state index in [1.54, 1.807) is 6.92 Å². The lowest BCUT2D eigenvalue weighted by molar-refractivity contribution is 0.0439. The minimum absolute atomic E-state index is 0.0185. The van der Waals surface area contributed by atoms with Crippen LogP contribution in [0, 0.1) is 0 Å². The minimum Gasteiger partial charge on any atom is -0.494 e. The fourth-order valence-corrected chi connectivity index (χ4v) is 3.18. The molecular weight excluding hydrogens is 182 g/mol. The molecule has 1 fully saturated rings. The molecule has 2 bridgehead atoms. The zero-order chi connectivity index (χ0) is 10.1. The number of hydrogen-bond acceptors (Lipinski definition) is 3. The summed E-state index contributed by atoms with van der Waals surface area (Å²) in [6, 6.07) is 0. The smallest absolute Gasteiger partial charge is 0.195 e. The quantitative estimate of drug-likeness (QED) is 0.501. The standard InChI is InChI=1S/C10H13NO3/c1-10(14)3-4-2-5(10)7-6(4)8(12)11-9(7)13/h4-5,11-14H,2-3H2,1H3/t4-,5-,10-/m1/s1. The Balaban J connectivity index is 2.22. The zero-order valence-corrected chi connectivity index (χ0v) is 7.91. The van der Waals surface area contributed by atoms with E-state index in [-0.39, 0.29) is 23.6 Å². The van der Waals surface area contributed by atoms with Crippen LogP contribution < -0.4 is 0 Å². The monoisotopic (exact) mass is 195 g/mol. The first-order valence-electron chi connectivity index (χ1n) is 4.87. The van der Waals surface area contributed by atoms with E-state index < -0.39 is 5.60 Å². The van der Waals surface area contributed by atoms with Crippen LogP contribution in [0.1, 0.15) is 42.7 Å². The minimum atomic E-state index is -0.732. The maximum absolute atomic E-state index is 10.1. The Morgan fingerprint density at radius 3 is 2.64 bits per heavy atom. The topological polar surface area (TPSA) is 76.5 Å². The van der Waals surface area contributed by atoms with Gasteiger partial charge >= 0.3 is 0 Å². The highest BCUT2D eigenvalue weighted by Crippen LogP contribution is 2.62. The Morgan fingerprint density at radius 1 is 1.29 bits per heavy atom. The first-order chi connectivity index (χ1) is 6.50. The summed E-state index contributed by atoms with van der Waals surface area (Å²) in [5, 5.41) is 29.2. The van der Waals surface area contributed by atoms with Gasteiger partial charge in [0.05, 0.1) is 5.60 Å². The summed E-state index contributed by atoms with van der Waals surface area (Å²) < 4.78 is 0. The van der Waals surface area contributed by atoms with Gasteiger partial charge in [0.2, 0.25) is 0 Å². The van der Waals surface area contributed by atoms with Crippen molar-refractivity contribution in [2.45, 2.75) is 37.2 Å². The van der Waals surface area contributed by atoms with Crippen LogP contribution in [0.2, 0.25) is 0 Å². The average molecular weight is 195 g/mol. The number of nitrogens with one attached hydrogen (secondary N) is 1. The van der Waals surface area contributed by atoms with Gasteiger partial charge in [0.1, 0.15) is 0 Å².